The quantitative estimate of drug-likeness (QED) is 0.752. The SMILES string of the molecule is CCCC(CNC)Cc1cccc(C)c1. The van der Waals surface area contributed by atoms with E-state index >= 15 is 0 Å². The molecule has 0 fully saturated rings. The van der Waals surface area contributed by atoms with E-state index in [1.807, 2.05) is 7.05 Å². The zero-order chi connectivity index (χ0) is 11.1. The van der Waals surface area contributed by atoms with Gasteiger partial charge in [-0.25, -0.2) is 0 Å². The summed E-state index contributed by atoms with van der Waals surface area (Å²) in [5, 5.41) is 3.29. The Morgan fingerprint density at radius 1 is 1.33 bits per heavy atom. The van der Waals surface area contributed by atoms with Gasteiger partial charge in [-0.1, -0.05) is 43.2 Å². The Labute approximate surface area is 93.9 Å². The van der Waals surface area contributed by atoms with E-state index in [0.29, 0.717) is 0 Å². The van der Waals surface area contributed by atoms with Crippen molar-refractivity contribution in [1.82, 2.24) is 5.32 Å². The Balaban J connectivity index is 2.56. The average molecular weight is 205 g/mol. The van der Waals surface area contributed by atoms with Gasteiger partial charge in [0.25, 0.3) is 0 Å². The predicted octanol–water partition coefficient (Wildman–Crippen LogP) is 3.17. The molecule has 0 heterocycles. The van der Waals surface area contributed by atoms with Crippen molar-refractivity contribution in [2.24, 2.45) is 5.92 Å². The number of rotatable bonds is 6. The highest BCUT2D eigenvalue weighted by atomic mass is 14.8. The lowest BCUT2D eigenvalue weighted by atomic mass is 9.94. The Morgan fingerprint density at radius 2 is 2.13 bits per heavy atom. The van der Waals surface area contributed by atoms with Crippen LogP contribution >= 0.6 is 0 Å². The first-order chi connectivity index (χ1) is 7.26. The minimum atomic E-state index is 0.779. The maximum Gasteiger partial charge on any atom is -0.00203 e. The second-order valence-electron chi connectivity index (χ2n) is 4.41. The number of benzene rings is 1. The summed E-state index contributed by atoms with van der Waals surface area (Å²) in [5.74, 6) is 0.779. The van der Waals surface area contributed by atoms with Crippen molar-refractivity contribution in [2.75, 3.05) is 13.6 Å². The molecule has 1 atom stereocenters. The van der Waals surface area contributed by atoms with Crippen LogP contribution in [0.5, 0.6) is 0 Å². The van der Waals surface area contributed by atoms with Crippen molar-refractivity contribution >= 4 is 0 Å². The van der Waals surface area contributed by atoms with Crippen LogP contribution in [0.15, 0.2) is 24.3 Å². The first-order valence-corrected chi connectivity index (χ1v) is 5.96. The molecule has 1 rings (SSSR count). The first-order valence-electron chi connectivity index (χ1n) is 5.96. The first kappa shape index (κ1) is 12.3. The molecular weight excluding hydrogens is 182 g/mol. The van der Waals surface area contributed by atoms with Crippen molar-refractivity contribution in [3.05, 3.63) is 35.4 Å². The molecule has 0 aliphatic heterocycles. The minimum absolute atomic E-state index is 0.779. The zero-order valence-electron chi connectivity index (χ0n) is 10.2. The number of nitrogens with one attached hydrogen (secondary N) is 1. The monoisotopic (exact) mass is 205 g/mol. The van der Waals surface area contributed by atoms with Crippen LogP contribution in [0, 0.1) is 12.8 Å². The lowest BCUT2D eigenvalue weighted by Crippen LogP contribution is -2.20. The van der Waals surface area contributed by atoms with Gasteiger partial charge in [0.1, 0.15) is 0 Å². The molecule has 1 aromatic rings. The van der Waals surface area contributed by atoms with Gasteiger partial charge in [-0.15, -0.1) is 0 Å². The van der Waals surface area contributed by atoms with E-state index in [1.165, 1.54) is 30.4 Å². The van der Waals surface area contributed by atoms with Crippen molar-refractivity contribution in [1.29, 1.82) is 0 Å². The van der Waals surface area contributed by atoms with E-state index in [2.05, 4.69) is 43.4 Å². The summed E-state index contributed by atoms with van der Waals surface area (Å²) in [6.07, 6.45) is 3.79. The fourth-order valence-electron chi connectivity index (χ4n) is 2.15. The molecule has 1 unspecified atom stereocenters. The molecule has 0 spiro atoms. The third-order valence-corrected chi connectivity index (χ3v) is 2.80. The molecule has 0 amide bonds. The average Bonchev–Trinajstić information content (AvgIpc) is 2.18. The molecule has 1 nitrogen and oxygen atoms in total. The Kier molecular flexibility index (Phi) is 5.41. The fourth-order valence-corrected chi connectivity index (χ4v) is 2.15. The Bertz CT molecular complexity index is 274. The Morgan fingerprint density at radius 3 is 2.73 bits per heavy atom. The molecule has 1 heteroatoms. The summed E-state index contributed by atoms with van der Waals surface area (Å²) in [6.45, 7) is 5.55. The van der Waals surface area contributed by atoms with Gasteiger partial charge in [-0.2, -0.15) is 0 Å². The van der Waals surface area contributed by atoms with Gasteiger partial charge < -0.3 is 5.32 Å². The highest BCUT2D eigenvalue weighted by Gasteiger charge is 2.07. The van der Waals surface area contributed by atoms with Gasteiger partial charge in [0.05, 0.1) is 0 Å². The molecule has 0 saturated heterocycles. The van der Waals surface area contributed by atoms with Crippen molar-refractivity contribution in [3.63, 3.8) is 0 Å². The number of hydrogen-bond donors (Lipinski definition) is 1. The van der Waals surface area contributed by atoms with Crippen LogP contribution in [0.2, 0.25) is 0 Å². The molecule has 15 heavy (non-hydrogen) atoms. The molecular formula is C14H23N. The highest BCUT2D eigenvalue weighted by molar-refractivity contribution is 5.22. The molecule has 0 bridgehead atoms. The van der Waals surface area contributed by atoms with Crippen LogP contribution in [0.3, 0.4) is 0 Å². The van der Waals surface area contributed by atoms with Crippen molar-refractivity contribution in [3.8, 4) is 0 Å². The van der Waals surface area contributed by atoms with E-state index in [-0.39, 0.29) is 0 Å². The van der Waals surface area contributed by atoms with Crippen LogP contribution in [0.25, 0.3) is 0 Å². The van der Waals surface area contributed by atoms with Crippen molar-refractivity contribution < 1.29 is 0 Å². The molecule has 0 aromatic heterocycles. The summed E-state index contributed by atoms with van der Waals surface area (Å²) < 4.78 is 0. The van der Waals surface area contributed by atoms with Gasteiger partial charge in [-0.05, 0) is 44.8 Å². The summed E-state index contributed by atoms with van der Waals surface area (Å²) in [4.78, 5) is 0. The largest absolute Gasteiger partial charge is 0.319 e. The molecule has 0 aliphatic carbocycles. The molecule has 1 aromatic carbocycles. The third-order valence-electron chi connectivity index (χ3n) is 2.80. The van der Waals surface area contributed by atoms with Crippen molar-refractivity contribution in [2.45, 2.75) is 33.1 Å². The fraction of sp³-hybridized carbons (Fsp3) is 0.571. The lowest BCUT2D eigenvalue weighted by molar-refractivity contribution is 0.456. The van der Waals surface area contributed by atoms with E-state index < -0.39 is 0 Å². The highest BCUT2D eigenvalue weighted by Crippen LogP contribution is 2.14. The van der Waals surface area contributed by atoms with Crippen LogP contribution in [-0.2, 0) is 6.42 Å². The van der Waals surface area contributed by atoms with Crippen LogP contribution in [0.1, 0.15) is 30.9 Å². The van der Waals surface area contributed by atoms with Crippen LogP contribution < -0.4 is 5.32 Å². The smallest absolute Gasteiger partial charge is 0.00203 e. The normalized spacial score (nSPS) is 12.7. The summed E-state index contributed by atoms with van der Waals surface area (Å²) in [5.41, 5.74) is 2.84. The van der Waals surface area contributed by atoms with E-state index in [9.17, 15) is 0 Å². The topological polar surface area (TPSA) is 12.0 Å². The second-order valence-corrected chi connectivity index (χ2v) is 4.41. The summed E-state index contributed by atoms with van der Waals surface area (Å²) in [6, 6.07) is 8.87. The summed E-state index contributed by atoms with van der Waals surface area (Å²) >= 11 is 0. The van der Waals surface area contributed by atoms with E-state index in [0.717, 1.165) is 12.5 Å². The summed E-state index contributed by atoms with van der Waals surface area (Å²) in [7, 11) is 2.04. The van der Waals surface area contributed by atoms with Crippen LogP contribution in [0.4, 0.5) is 0 Å². The predicted molar refractivity (Wildman–Crippen MR) is 67.2 cm³/mol. The van der Waals surface area contributed by atoms with Gasteiger partial charge in [-0.3, -0.25) is 0 Å². The molecule has 1 N–H and O–H groups in total. The molecule has 0 aliphatic rings. The van der Waals surface area contributed by atoms with Gasteiger partial charge in [0, 0.05) is 0 Å². The maximum atomic E-state index is 3.29. The van der Waals surface area contributed by atoms with Gasteiger partial charge in [0.2, 0.25) is 0 Å². The molecule has 0 radical (unpaired) electrons. The number of aryl methyl sites for hydroxylation is 1. The minimum Gasteiger partial charge on any atom is -0.319 e. The third kappa shape index (κ3) is 4.48. The Hall–Kier alpha value is -0.820. The van der Waals surface area contributed by atoms with E-state index in [1.54, 1.807) is 0 Å². The zero-order valence-corrected chi connectivity index (χ0v) is 10.2. The molecule has 0 saturated carbocycles. The second kappa shape index (κ2) is 6.62. The van der Waals surface area contributed by atoms with E-state index in [4.69, 9.17) is 0 Å². The van der Waals surface area contributed by atoms with Crippen LogP contribution in [-0.4, -0.2) is 13.6 Å². The van der Waals surface area contributed by atoms with Gasteiger partial charge in [0.15, 0.2) is 0 Å². The lowest BCUT2D eigenvalue weighted by Gasteiger charge is -2.15. The molecule has 84 valence electrons. The number of hydrogen-bond acceptors (Lipinski definition) is 1. The van der Waals surface area contributed by atoms with Gasteiger partial charge >= 0.3 is 0 Å². The maximum absolute atomic E-state index is 3.29. The standard InChI is InChI=1S/C14H23N/c1-4-6-14(11-15-3)10-13-8-5-7-12(2)9-13/h5,7-9,14-15H,4,6,10-11H2,1-3H3.